The number of methoxy groups -OCH3 is 1. The molecule has 5 heteroatoms. The molecule has 19 heavy (non-hydrogen) atoms. The molecule has 0 saturated carbocycles. The van der Waals surface area contributed by atoms with Gasteiger partial charge in [-0.3, -0.25) is 0 Å². The van der Waals surface area contributed by atoms with Crippen LogP contribution in [0.2, 0.25) is 0 Å². The highest BCUT2D eigenvalue weighted by atomic mass is 16.5. The molecule has 0 unspecified atom stereocenters. The SMILES string of the molecule is CCCc1nccn1-c1cc(OC)ccc1C(=O)O. The Labute approximate surface area is 111 Å². The lowest BCUT2D eigenvalue weighted by atomic mass is 10.1. The molecule has 5 nitrogen and oxygen atoms in total. The van der Waals surface area contributed by atoms with Crippen molar-refractivity contribution in [2.45, 2.75) is 19.8 Å². The normalized spacial score (nSPS) is 10.4. The lowest BCUT2D eigenvalue weighted by Crippen LogP contribution is -2.08. The summed E-state index contributed by atoms with van der Waals surface area (Å²) in [5.74, 6) is 0.503. The molecule has 2 aromatic rings. The number of carbonyl (C=O) groups is 1. The molecule has 0 atom stereocenters. The monoisotopic (exact) mass is 260 g/mol. The first-order valence-electron chi connectivity index (χ1n) is 6.11. The molecule has 0 spiro atoms. The third-order valence-corrected chi connectivity index (χ3v) is 2.89. The van der Waals surface area contributed by atoms with Crippen LogP contribution < -0.4 is 4.74 Å². The Bertz CT molecular complexity index is 590. The van der Waals surface area contributed by atoms with Crippen molar-refractivity contribution in [3.63, 3.8) is 0 Å². The van der Waals surface area contributed by atoms with Crippen LogP contribution >= 0.6 is 0 Å². The molecule has 1 N–H and O–H groups in total. The first kappa shape index (κ1) is 13.1. The van der Waals surface area contributed by atoms with Crippen LogP contribution in [0.5, 0.6) is 5.75 Å². The van der Waals surface area contributed by atoms with Gasteiger partial charge in [0.05, 0.1) is 18.4 Å². The summed E-state index contributed by atoms with van der Waals surface area (Å²) in [6.45, 7) is 2.06. The molecule has 2 rings (SSSR count). The third-order valence-electron chi connectivity index (χ3n) is 2.89. The van der Waals surface area contributed by atoms with E-state index in [0.717, 1.165) is 18.7 Å². The molecule has 0 aliphatic carbocycles. The van der Waals surface area contributed by atoms with Crippen molar-refractivity contribution < 1.29 is 14.6 Å². The van der Waals surface area contributed by atoms with E-state index in [1.165, 1.54) is 0 Å². The van der Waals surface area contributed by atoms with Crippen LogP contribution in [0.25, 0.3) is 5.69 Å². The summed E-state index contributed by atoms with van der Waals surface area (Å²) in [4.78, 5) is 15.6. The van der Waals surface area contributed by atoms with Gasteiger partial charge in [0.1, 0.15) is 11.6 Å². The second-order valence-corrected chi connectivity index (χ2v) is 4.15. The number of nitrogens with zero attached hydrogens (tertiary/aromatic N) is 2. The Balaban J connectivity index is 2.58. The van der Waals surface area contributed by atoms with Crippen molar-refractivity contribution in [1.82, 2.24) is 9.55 Å². The van der Waals surface area contributed by atoms with Gasteiger partial charge in [0.15, 0.2) is 0 Å². The predicted molar refractivity (Wildman–Crippen MR) is 71.1 cm³/mol. The predicted octanol–water partition coefficient (Wildman–Crippen LogP) is 2.53. The van der Waals surface area contributed by atoms with E-state index in [1.54, 1.807) is 42.3 Å². The highest BCUT2D eigenvalue weighted by Crippen LogP contribution is 2.23. The van der Waals surface area contributed by atoms with E-state index >= 15 is 0 Å². The minimum absolute atomic E-state index is 0.233. The highest BCUT2D eigenvalue weighted by Gasteiger charge is 2.15. The van der Waals surface area contributed by atoms with Gasteiger partial charge < -0.3 is 14.4 Å². The lowest BCUT2D eigenvalue weighted by Gasteiger charge is -2.12. The first-order chi connectivity index (χ1) is 9.17. The smallest absolute Gasteiger partial charge is 0.337 e. The van der Waals surface area contributed by atoms with Crippen LogP contribution in [0.4, 0.5) is 0 Å². The Hall–Kier alpha value is -2.30. The maximum atomic E-state index is 11.3. The topological polar surface area (TPSA) is 64.4 Å². The first-order valence-corrected chi connectivity index (χ1v) is 6.11. The molecule has 0 saturated heterocycles. The zero-order chi connectivity index (χ0) is 13.8. The largest absolute Gasteiger partial charge is 0.497 e. The Morgan fingerprint density at radius 1 is 1.47 bits per heavy atom. The van der Waals surface area contributed by atoms with Gasteiger partial charge in [-0.25, -0.2) is 9.78 Å². The fraction of sp³-hybridized carbons (Fsp3) is 0.286. The average Bonchev–Trinajstić information content (AvgIpc) is 2.86. The molecule has 0 aliphatic heterocycles. The van der Waals surface area contributed by atoms with Crippen molar-refractivity contribution in [1.29, 1.82) is 0 Å². The minimum Gasteiger partial charge on any atom is -0.497 e. The zero-order valence-corrected chi connectivity index (χ0v) is 11.0. The number of rotatable bonds is 5. The van der Waals surface area contributed by atoms with Crippen molar-refractivity contribution in [2.24, 2.45) is 0 Å². The number of benzene rings is 1. The van der Waals surface area contributed by atoms with E-state index in [1.807, 2.05) is 0 Å². The van der Waals surface area contributed by atoms with Crippen LogP contribution in [-0.4, -0.2) is 27.7 Å². The van der Waals surface area contributed by atoms with Crippen LogP contribution in [0, 0.1) is 0 Å². The average molecular weight is 260 g/mol. The number of hydrogen-bond donors (Lipinski definition) is 1. The van der Waals surface area contributed by atoms with E-state index in [4.69, 9.17) is 4.74 Å². The van der Waals surface area contributed by atoms with Crippen molar-refractivity contribution >= 4 is 5.97 Å². The maximum absolute atomic E-state index is 11.3. The van der Waals surface area contributed by atoms with Gasteiger partial charge in [-0.05, 0) is 18.6 Å². The Morgan fingerprint density at radius 2 is 2.26 bits per heavy atom. The molecular weight excluding hydrogens is 244 g/mol. The van der Waals surface area contributed by atoms with Gasteiger partial charge in [0.25, 0.3) is 0 Å². The lowest BCUT2D eigenvalue weighted by molar-refractivity contribution is 0.0697. The van der Waals surface area contributed by atoms with Crippen molar-refractivity contribution in [3.05, 3.63) is 42.0 Å². The summed E-state index contributed by atoms with van der Waals surface area (Å²) < 4.78 is 6.96. The van der Waals surface area contributed by atoms with Gasteiger partial charge >= 0.3 is 5.97 Å². The summed E-state index contributed by atoms with van der Waals surface area (Å²) in [5, 5.41) is 9.27. The van der Waals surface area contributed by atoms with Gasteiger partial charge in [-0.15, -0.1) is 0 Å². The standard InChI is InChI=1S/C14H16N2O3/c1-3-4-13-15-7-8-16(13)12-9-10(19-2)5-6-11(12)14(17)18/h5-9H,3-4H2,1-2H3,(H,17,18). The fourth-order valence-electron chi connectivity index (χ4n) is 1.98. The Morgan fingerprint density at radius 3 is 2.89 bits per heavy atom. The summed E-state index contributed by atoms with van der Waals surface area (Å²) >= 11 is 0. The van der Waals surface area contributed by atoms with Crippen molar-refractivity contribution in [3.8, 4) is 11.4 Å². The summed E-state index contributed by atoms with van der Waals surface area (Å²) in [6.07, 6.45) is 5.19. The number of aryl methyl sites for hydroxylation is 1. The summed E-state index contributed by atoms with van der Waals surface area (Å²) in [7, 11) is 1.56. The quantitative estimate of drug-likeness (QED) is 0.897. The molecule has 1 aromatic heterocycles. The van der Waals surface area contributed by atoms with Crippen molar-refractivity contribution in [2.75, 3.05) is 7.11 Å². The number of aromatic nitrogens is 2. The molecular formula is C14H16N2O3. The molecule has 100 valence electrons. The number of aromatic carboxylic acids is 1. The van der Waals surface area contributed by atoms with Crippen LogP contribution in [0.15, 0.2) is 30.6 Å². The highest BCUT2D eigenvalue weighted by molar-refractivity contribution is 5.92. The number of imidazole rings is 1. The molecule has 0 radical (unpaired) electrons. The van der Waals surface area contributed by atoms with E-state index in [0.29, 0.717) is 11.4 Å². The van der Waals surface area contributed by atoms with Crippen LogP contribution in [-0.2, 0) is 6.42 Å². The van der Waals surface area contributed by atoms with Gasteiger partial charge in [0, 0.05) is 24.9 Å². The number of hydrogen-bond acceptors (Lipinski definition) is 3. The number of carboxylic acids is 1. The number of carboxylic acid groups (broad SMARTS) is 1. The fourth-order valence-corrected chi connectivity index (χ4v) is 1.98. The maximum Gasteiger partial charge on any atom is 0.337 e. The second kappa shape index (κ2) is 5.56. The van der Waals surface area contributed by atoms with E-state index in [9.17, 15) is 9.90 Å². The summed E-state index contributed by atoms with van der Waals surface area (Å²) in [6, 6.07) is 4.90. The van der Waals surface area contributed by atoms with Crippen LogP contribution in [0.1, 0.15) is 29.5 Å². The molecule has 1 aromatic carbocycles. The third kappa shape index (κ3) is 2.59. The van der Waals surface area contributed by atoms with Gasteiger partial charge in [-0.2, -0.15) is 0 Å². The van der Waals surface area contributed by atoms with Gasteiger partial charge in [-0.1, -0.05) is 6.92 Å². The molecule has 0 fully saturated rings. The molecule has 0 aliphatic rings. The zero-order valence-electron chi connectivity index (χ0n) is 11.0. The summed E-state index contributed by atoms with van der Waals surface area (Å²) in [5.41, 5.74) is 0.809. The Kier molecular flexibility index (Phi) is 3.85. The van der Waals surface area contributed by atoms with Crippen LogP contribution in [0.3, 0.4) is 0 Å². The second-order valence-electron chi connectivity index (χ2n) is 4.15. The van der Waals surface area contributed by atoms with E-state index < -0.39 is 5.97 Å². The minimum atomic E-state index is -0.964. The van der Waals surface area contributed by atoms with E-state index in [-0.39, 0.29) is 5.56 Å². The molecule has 0 bridgehead atoms. The van der Waals surface area contributed by atoms with E-state index in [2.05, 4.69) is 11.9 Å². The number of ether oxygens (including phenoxy) is 1. The molecule has 1 heterocycles. The van der Waals surface area contributed by atoms with Gasteiger partial charge in [0.2, 0.25) is 0 Å². The molecule has 0 amide bonds.